The van der Waals surface area contributed by atoms with E-state index in [4.69, 9.17) is 9.47 Å². The Bertz CT molecular complexity index is 327. The molecule has 25 heavy (non-hydrogen) atoms. The van der Waals surface area contributed by atoms with Crippen LogP contribution >= 0.6 is 0 Å². The second kappa shape index (κ2) is 11.6. The van der Waals surface area contributed by atoms with E-state index in [9.17, 15) is 0 Å². The highest BCUT2D eigenvalue weighted by Crippen LogP contribution is 2.23. The van der Waals surface area contributed by atoms with E-state index in [1.54, 1.807) is 0 Å². The van der Waals surface area contributed by atoms with E-state index in [-0.39, 0.29) is 22.2 Å². The molecule has 3 heteroatoms. The summed E-state index contributed by atoms with van der Waals surface area (Å²) in [7, 11) is 0. The van der Waals surface area contributed by atoms with E-state index in [1.807, 2.05) is 13.8 Å². The third-order valence-electron chi connectivity index (χ3n) is 4.31. The quantitative estimate of drug-likeness (QED) is 0.476. The van der Waals surface area contributed by atoms with Crippen molar-refractivity contribution in [2.75, 3.05) is 19.8 Å². The smallest absolute Gasteiger partial charge is 0.0648 e. The maximum absolute atomic E-state index is 6.13. The Balaban J connectivity index is 0. The Morgan fingerprint density at radius 2 is 1.20 bits per heavy atom. The summed E-state index contributed by atoms with van der Waals surface area (Å²) in [4.78, 5) is 0. The molecular weight excluding hydrogens is 310 g/mol. The van der Waals surface area contributed by atoms with E-state index in [0.717, 1.165) is 39.0 Å². The summed E-state index contributed by atoms with van der Waals surface area (Å²) in [6.45, 7) is 28.5. The Hall–Kier alpha value is -0.120. The Kier molecular flexibility index (Phi) is 12.5. The van der Waals surface area contributed by atoms with Crippen LogP contribution in [-0.2, 0) is 9.47 Å². The van der Waals surface area contributed by atoms with Crippen LogP contribution < -0.4 is 5.32 Å². The van der Waals surface area contributed by atoms with Crippen molar-refractivity contribution >= 4 is 0 Å². The largest absolute Gasteiger partial charge is 0.375 e. The van der Waals surface area contributed by atoms with Gasteiger partial charge in [0.05, 0.1) is 24.4 Å². The second-order valence-electron chi connectivity index (χ2n) is 9.88. The van der Waals surface area contributed by atoms with Crippen LogP contribution in [0.5, 0.6) is 0 Å². The molecule has 0 amide bonds. The van der Waals surface area contributed by atoms with E-state index in [0.29, 0.717) is 0 Å². The fraction of sp³-hybridized carbons (Fsp3) is 1.00. The molecule has 0 radical (unpaired) electrons. The molecule has 0 rings (SSSR count). The van der Waals surface area contributed by atoms with Crippen LogP contribution in [0, 0.1) is 5.41 Å². The van der Waals surface area contributed by atoms with Crippen molar-refractivity contribution in [1.82, 2.24) is 5.32 Å². The summed E-state index contributed by atoms with van der Waals surface area (Å²) >= 11 is 0. The van der Waals surface area contributed by atoms with Gasteiger partial charge in [-0.05, 0) is 72.8 Å². The molecule has 1 N–H and O–H groups in total. The zero-order chi connectivity index (χ0) is 20.4. The second-order valence-corrected chi connectivity index (χ2v) is 9.88. The normalized spacial score (nSPS) is 13.4. The molecule has 154 valence electrons. The van der Waals surface area contributed by atoms with Gasteiger partial charge in [-0.1, -0.05) is 41.5 Å². The van der Waals surface area contributed by atoms with Gasteiger partial charge in [0.15, 0.2) is 0 Å². The zero-order valence-electron chi connectivity index (χ0n) is 19.6. The van der Waals surface area contributed by atoms with Gasteiger partial charge >= 0.3 is 0 Å². The van der Waals surface area contributed by atoms with Gasteiger partial charge in [-0.2, -0.15) is 0 Å². The van der Waals surface area contributed by atoms with E-state index < -0.39 is 0 Å². The van der Waals surface area contributed by atoms with Crippen LogP contribution in [-0.4, -0.2) is 36.5 Å². The highest BCUT2D eigenvalue weighted by Gasteiger charge is 2.25. The molecule has 0 aromatic carbocycles. The Morgan fingerprint density at radius 1 is 0.720 bits per heavy atom. The van der Waals surface area contributed by atoms with Crippen LogP contribution in [0.15, 0.2) is 0 Å². The molecule has 0 heterocycles. The minimum absolute atomic E-state index is 0.100. The molecule has 0 aliphatic rings. The summed E-state index contributed by atoms with van der Waals surface area (Å²) in [6, 6.07) is 0. The maximum atomic E-state index is 6.13. The van der Waals surface area contributed by atoms with Crippen LogP contribution in [0.3, 0.4) is 0 Å². The molecule has 0 aromatic heterocycles. The third-order valence-corrected chi connectivity index (χ3v) is 4.31. The lowest BCUT2D eigenvalue weighted by Gasteiger charge is -2.33. The minimum atomic E-state index is -0.133. The number of hydrogen-bond donors (Lipinski definition) is 1. The lowest BCUT2D eigenvalue weighted by molar-refractivity contribution is -0.0890. The van der Waals surface area contributed by atoms with Gasteiger partial charge in [0, 0.05) is 5.54 Å². The Labute approximate surface area is 159 Å². The average molecular weight is 360 g/mol. The molecule has 0 unspecified atom stereocenters. The van der Waals surface area contributed by atoms with Gasteiger partial charge in [-0.25, -0.2) is 0 Å². The van der Waals surface area contributed by atoms with Crippen LogP contribution in [0.2, 0.25) is 0 Å². The van der Waals surface area contributed by atoms with Crippen LogP contribution in [0.25, 0.3) is 0 Å². The first-order chi connectivity index (χ1) is 11.2. The van der Waals surface area contributed by atoms with Crippen molar-refractivity contribution in [2.45, 2.75) is 119 Å². The molecule has 0 aromatic rings. The molecule has 0 saturated carbocycles. The van der Waals surface area contributed by atoms with Crippen molar-refractivity contribution in [3.8, 4) is 0 Å². The van der Waals surface area contributed by atoms with Crippen molar-refractivity contribution < 1.29 is 9.47 Å². The first-order valence-electron chi connectivity index (χ1n) is 10.2. The van der Waals surface area contributed by atoms with Gasteiger partial charge < -0.3 is 14.8 Å². The molecule has 0 aliphatic heterocycles. The SMILES string of the molecule is CC.CCC(C)(C)NCCC(C)(C)OCCC(C)(C)OCC(C)(C)C. The first kappa shape index (κ1) is 27.1. The minimum Gasteiger partial charge on any atom is -0.375 e. The fourth-order valence-electron chi connectivity index (χ4n) is 1.96. The van der Waals surface area contributed by atoms with E-state index in [1.165, 1.54) is 0 Å². The van der Waals surface area contributed by atoms with Crippen molar-refractivity contribution in [1.29, 1.82) is 0 Å². The molecule has 0 fully saturated rings. The zero-order valence-corrected chi connectivity index (χ0v) is 19.6. The number of hydrogen-bond acceptors (Lipinski definition) is 3. The molecule has 3 nitrogen and oxygen atoms in total. The van der Waals surface area contributed by atoms with Crippen molar-refractivity contribution in [3.05, 3.63) is 0 Å². The molecule has 0 saturated heterocycles. The monoisotopic (exact) mass is 359 g/mol. The van der Waals surface area contributed by atoms with Gasteiger partial charge in [0.1, 0.15) is 0 Å². The predicted molar refractivity (Wildman–Crippen MR) is 112 cm³/mol. The van der Waals surface area contributed by atoms with Crippen LogP contribution in [0.1, 0.15) is 102 Å². The van der Waals surface area contributed by atoms with Gasteiger partial charge in [-0.3, -0.25) is 0 Å². The summed E-state index contributed by atoms with van der Waals surface area (Å²) < 4.78 is 12.2. The number of rotatable bonds is 11. The summed E-state index contributed by atoms with van der Waals surface area (Å²) in [5.74, 6) is 0. The molecule has 0 bridgehead atoms. The number of ether oxygens (including phenoxy) is 2. The highest BCUT2D eigenvalue weighted by molar-refractivity contribution is 4.79. The van der Waals surface area contributed by atoms with E-state index >= 15 is 0 Å². The number of nitrogens with one attached hydrogen (secondary N) is 1. The van der Waals surface area contributed by atoms with Gasteiger partial charge in [-0.15, -0.1) is 0 Å². The molecule has 0 spiro atoms. The standard InChI is InChI=1S/C20H43NO2.C2H6/c1-11-18(5,6)21-14-12-19(7,8)22-15-13-20(9,10)23-16-17(2,3)4;1-2/h21H,11-16H2,1-10H3;1-2H3. The highest BCUT2D eigenvalue weighted by atomic mass is 16.5. The summed E-state index contributed by atoms with van der Waals surface area (Å²) in [6.07, 6.45) is 3.06. The lowest BCUT2D eigenvalue weighted by Crippen LogP contribution is -2.42. The molecule has 0 atom stereocenters. The lowest BCUT2D eigenvalue weighted by atomic mass is 9.97. The third kappa shape index (κ3) is 17.1. The Morgan fingerprint density at radius 3 is 1.64 bits per heavy atom. The fourth-order valence-corrected chi connectivity index (χ4v) is 1.96. The van der Waals surface area contributed by atoms with Crippen molar-refractivity contribution in [3.63, 3.8) is 0 Å². The predicted octanol–water partition coefficient (Wildman–Crippen LogP) is 6.21. The maximum Gasteiger partial charge on any atom is 0.0648 e. The van der Waals surface area contributed by atoms with Crippen LogP contribution in [0.4, 0.5) is 0 Å². The van der Waals surface area contributed by atoms with Gasteiger partial charge in [0.25, 0.3) is 0 Å². The molecular formula is C22H49NO2. The first-order valence-corrected chi connectivity index (χ1v) is 10.2. The average Bonchev–Trinajstić information content (AvgIpc) is 2.46. The summed E-state index contributed by atoms with van der Waals surface area (Å²) in [5.41, 5.74) is 0.177. The van der Waals surface area contributed by atoms with E-state index in [2.05, 4.69) is 74.6 Å². The topological polar surface area (TPSA) is 30.5 Å². The summed E-state index contributed by atoms with van der Waals surface area (Å²) in [5, 5.41) is 3.60. The molecule has 0 aliphatic carbocycles. The van der Waals surface area contributed by atoms with Crippen molar-refractivity contribution in [2.24, 2.45) is 5.41 Å². The van der Waals surface area contributed by atoms with Gasteiger partial charge in [0.2, 0.25) is 0 Å².